The molecule has 0 atom stereocenters. The molecule has 0 radical (unpaired) electrons. The summed E-state index contributed by atoms with van der Waals surface area (Å²) in [4.78, 5) is 41.8. The Labute approximate surface area is 261 Å². The van der Waals surface area contributed by atoms with Crippen molar-refractivity contribution in [1.29, 1.82) is 0 Å². The van der Waals surface area contributed by atoms with E-state index >= 15 is 0 Å². The third-order valence-electron chi connectivity index (χ3n) is 7.60. The van der Waals surface area contributed by atoms with Crippen LogP contribution in [0.1, 0.15) is 12.5 Å². The van der Waals surface area contributed by atoms with Gasteiger partial charge in [-0.3, -0.25) is 9.69 Å². The SMILES string of the molecule is CCNc1ccc(NC(=O)N2CCN(C)CC2)cc1N=C1SC(=C2Sc3ccccc3N2C)C(=O)N1Cc1ccccc1. The third-order valence-corrected chi connectivity index (χ3v) is 10.0. The van der Waals surface area contributed by atoms with Crippen LogP contribution in [0, 0.1) is 0 Å². The summed E-state index contributed by atoms with van der Waals surface area (Å²) in [6.45, 7) is 6.22. The Morgan fingerprint density at radius 3 is 2.42 bits per heavy atom. The molecule has 6 rings (SSSR count). The summed E-state index contributed by atoms with van der Waals surface area (Å²) in [6.07, 6.45) is 0. The van der Waals surface area contributed by atoms with Gasteiger partial charge in [-0.25, -0.2) is 9.79 Å². The zero-order valence-corrected chi connectivity index (χ0v) is 26.2. The maximum absolute atomic E-state index is 14.1. The number of carbonyl (C=O) groups excluding carboxylic acids is 2. The average Bonchev–Trinajstić information content (AvgIpc) is 3.51. The quantitative estimate of drug-likeness (QED) is 0.327. The van der Waals surface area contributed by atoms with Gasteiger partial charge < -0.3 is 25.3 Å². The molecule has 11 heteroatoms. The molecule has 2 saturated heterocycles. The smallest absolute Gasteiger partial charge is 0.321 e. The van der Waals surface area contributed by atoms with E-state index in [1.54, 1.807) is 16.7 Å². The molecule has 3 aliphatic heterocycles. The van der Waals surface area contributed by atoms with Crippen LogP contribution in [-0.2, 0) is 11.3 Å². The van der Waals surface area contributed by atoms with Gasteiger partial charge in [-0.05, 0) is 61.6 Å². The van der Waals surface area contributed by atoms with E-state index in [2.05, 4.69) is 39.6 Å². The monoisotopic (exact) mass is 613 g/mol. The van der Waals surface area contributed by atoms with Crippen molar-refractivity contribution >= 4 is 63.4 Å². The summed E-state index contributed by atoms with van der Waals surface area (Å²) in [5.41, 5.74) is 4.26. The number of fused-ring (bicyclic) bond motifs is 1. The van der Waals surface area contributed by atoms with Gasteiger partial charge in [-0.1, -0.05) is 54.2 Å². The summed E-state index contributed by atoms with van der Waals surface area (Å²) in [7, 11) is 4.07. The molecule has 2 N–H and O–H groups in total. The number of hydrogen-bond donors (Lipinski definition) is 2. The first kappa shape index (κ1) is 29.2. The lowest BCUT2D eigenvalue weighted by atomic mass is 10.2. The maximum Gasteiger partial charge on any atom is 0.321 e. The number of rotatable bonds is 6. The van der Waals surface area contributed by atoms with Crippen LogP contribution >= 0.6 is 23.5 Å². The van der Waals surface area contributed by atoms with Crippen molar-refractivity contribution in [3.63, 3.8) is 0 Å². The van der Waals surface area contributed by atoms with Gasteiger partial charge in [0.05, 0.1) is 28.6 Å². The molecule has 0 aromatic heterocycles. The summed E-state index contributed by atoms with van der Waals surface area (Å²) in [6, 6.07) is 23.7. The fraction of sp³-hybridized carbons (Fsp3) is 0.281. The van der Waals surface area contributed by atoms with Gasteiger partial charge in [0.25, 0.3) is 5.91 Å². The highest BCUT2D eigenvalue weighted by Gasteiger charge is 2.39. The second-order valence-electron chi connectivity index (χ2n) is 10.6. The number of nitrogens with zero attached hydrogens (tertiary/aromatic N) is 5. The largest absolute Gasteiger partial charge is 0.384 e. The fourth-order valence-corrected chi connectivity index (χ4v) is 7.52. The first-order valence-electron chi connectivity index (χ1n) is 14.4. The van der Waals surface area contributed by atoms with Crippen LogP contribution in [0.4, 0.5) is 27.5 Å². The second-order valence-corrected chi connectivity index (χ2v) is 12.6. The molecule has 0 saturated carbocycles. The first-order valence-corrected chi connectivity index (χ1v) is 16.0. The van der Waals surface area contributed by atoms with Crippen molar-refractivity contribution in [3.8, 4) is 0 Å². The van der Waals surface area contributed by atoms with E-state index in [0.717, 1.165) is 40.0 Å². The highest BCUT2D eigenvalue weighted by atomic mass is 32.2. The summed E-state index contributed by atoms with van der Waals surface area (Å²) in [5, 5.41) is 7.94. The van der Waals surface area contributed by atoms with Crippen LogP contribution in [0.15, 0.2) is 92.6 Å². The van der Waals surface area contributed by atoms with Crippen molar-refractivity contribution in [3.05, 3.63) is 88.3 Å². The standard InChI is InChI=1S/C32H35N7O2S2/c1-4-33-24-15-14-23(34-31(41)38-18-16-36(2)17-19-38)20-25(24)35-32-39(21-22-10-6-5-7-11-22)29(40)28(43-32)30-37(3)26-12-8-9-13-27(26)42-30/h5-15,20,33H,4,16-19,21H2,1-3H3,(H,34,41). The molecule has 3 aromatic carbocycles. The zero-order chi connectivity index (χ0) is 29.9. The minimum Gasteiger partial charge on any atom is -0.384 e. The molecular formula is C32H35N7O2S2. The number of thioether (sulfide) groups is 2. The molecule has 3 aromatic rings. The number of aliphatic imine (C=N–C) groups is 1. The van der Waals surface area contributed by atoms with Crippen LogP contribution < -0.4 is 15.5 Å². The maximum atomic E-state index is 14.1. The first-order chi connectivity index (χ1) is 20.9. The van der Waals surface area contributed by atoms with Crippen LogP contribution in [0.5, 0.6) is 0 Å². The number of piperazine rings is 1. The van der Waals surface area contributed by atoms with Gasteiger partial charge in [0, 0.05) is 50.4 Å². The molecule has 3 heterocycles. The van der Waals surface area contributed by atoms with E-state index in [-0.39, 0.29) is 11.9 Å². The van der Waals surface area contributed by atoms with Crippen molar-refractivity contribution in [2.45, 2.75) is 18.4 Å². The highest BCUT2D eigenvalue weighted by Crippen LogP contribution is 2.50. The Morgan fingerprint density at radius 1 is 0.930 bits per heavy atom. The van der Waals surface area contributed by atoms with Crippen molar-refractivity contribution in [2.24, 2.45) is 4.99 Å². The summed E-state index contributed by atoms with van der Waals surface area (Å²) in [5.74, 6) is -0.0701. The number of hydrogen-bond acceptors (Lipinski definition) is 8. The number of urea groups is 1. The number of amidine groups is 1. The molecular weight excluding hydrogens is 579 g/mol. The number of anilines is 3. The Kier molecular flexibility index (Phi) is 8.64. The fourth-order valence-electron chi connectivity index (χ4n) is 5.18. The van der Waals surface area contributed by atoms with Crippen LogP contribution in [-0.4, -0.2) is 78.6 Å². The number of nitrogens with one attached hydrogen (secondary N) is 2. The lowest BCUT2D eigenvalue weighted by Gasteiger charge is -2.32. The predicted molar refractivity (Wildman–Crippen MR) is 178 cm³/mol. The third kappa shape index (κ3) is 6.24. The van der Waals surface area contributed by atoms with Gasteiger partial charge >= 0.3 is 6.03 Å². The topological polar surface area (TPSA) is 83.5 Å². The Hall–Kier alpha value is -3.93. The van der Waals surface area contributed by atoms with Crippen molar-refractivity contribution in [1.82, 2.24) is 14.7 Å². The van der Waals surface area contributed by atoms with Crippen LogP contribution in [0.3, 0.4) is 0 Å². The Morgan fingerprint density at radius 2 is 1.67 bits per heavy atom. The number of carbonyl (C=O) groups is 2. The molecule has 0 aliphatic carbocycles. The molecule has 0 unspecified atom stereocenters. The molecule has 0 spiro atoms. The molecule has 3 aliphatic rings. The Balaban J connectivity index is 1.35. The number of amides is 3. The van der Waals surface area contributed by atoms with Crippen molar-refractivity contribution < 1.29 is 9.59 Å². The van der Waals surface area contributed by atoms with E-state index in [0.29, 0.717) is 47.6 Å². The number of benzene rings is 3. The van der Waals surface area contributed by atoms with Gasteiger partial charge in [-0.15, -0.1) is 0 Å². The van der Waals surface area contributed by atoms with Crippen LogP contribution in [0.25, 0.3) is 0 Å². The normalized spacial score (nSPS) is 19.7. The van der Waals surface area contributed by atoms with E-state index < -0.39 is 0 Å². The lowest BCUT2D eigenvalue weighted by Crippen LogP contribution is -2.48. The lowest BCUT2D eigenvalue weighted by molar-refractivity contribution is -0.122. The minimum atomic E-state index is -0.119. The molecule has 9 nitrogen and oxygen atoms in total. The van der Waals surface area contributed by atoms with Gasteiger partial charge in [0.2, 0.25) is 0 Å². The molecule has 3 amide bonds. The van der Waals surface area contributed by atoms with E-state index in [1.165, 1.54) is 11.8 Å². The zero-order valence-electron chi connectivity index (χ0n) is 24.5. The van der Waals surface area contributed by atoms with Gasteiger partial charge in [-0.2, -0.15) is 0 Å². The minimum absolute atomic E-state index is 0.0701. The van der Waals surface area contributed by atoms with Crippen LogP contribution in [0.2, 0.25) is 0 Å². The highest BCUT2D eigenvalue weighted by molar-refractivity contribution is 8.19. The second kappa shape index (κ2) is 12.7. The van der Waals surface area contributed by atoms with Gasteiger partial charge in [0.15, 0.2) is 5.17 Å². The van der Waals surface area contributed by atoms with E-state index in [4.69, 9.17) is 4.99 Å². The predicted octanol–water partition coefficient (Wildman–Crippen LogP) is 6.07. The Bertz CT molecular complexity index is 1590. The van der Waals surface area contributed by atoms with Crippen molar-refractivity contribution in [2.75, 3.05) is 62.4 Å². The van der Waals surface area contributed by atoms with E-state index in [9.17, 15) is 9.59 Å². The molecule has 0 bridgehead atoms. The number of likely N-dealkylation sites (N-methyl/N-ethyl adjacent to an activating group) is 1. The number of para-hydroxylation sites is 1. The summed E-state index contributed by atoms with van der Waals surface area (Å²) >= 11 is 3.01. The average molecular weight is 614 g/mol. The molecule has 2 fully saturated rings. The van der Waals surface area contributed by atoms with Gasteiger partial charge in [0.1, 0.15) is 4.91 Å². The molecule has 222 valence electrons. The summed E-state index contributed by atoms with van der Waals surface area (Å²) < 4.78 is 0. The molecule has 43 heavy (non-hydrogen) atoms. The van der Waals surface area contributed by atoms with E-state index in [1.807, 2.05) is 79.5 Å².